The molecular formula is C18H23N5O4S2. The lowest BCUT2D eigenvalue weighted by Crippen LogP contribution is -2.58. The van der Waals surface area contributed by atoms with E-state index in [4.69, 9.17) is 5.73 Å². The summed E-state index contributed by atoms with van der Waals surface area (Å²) >= 11 is 1.50. The molecule has 1 saturated heterocycles. The predicted octanol–water partition coefficient (Wildman–Crippen LogP) is 0.0247. The molecule has 2 heterocycles. The Balaban J connectivity index is 1.76. The van der Waals surface area contributed by atoms with Crippen LogP contribution < -0.4 is 10.5 Å². The van der Waals surface area contributed by atoms with Gasteiger partial charge in [0.15, 0.2) is 6.04 Å². The maximum atomic E-state index is 12.7. The van der Waals surface area contributed by atoms with Gasteiger partial charge >= 0.3 is 0 Å². The van der Waals surface area contributed by atoms with Crippen molar-refractivity contribution < 1.29 is 18.0 Å². The monoisotopic (exact) mass is 437 g/mol. The summed E-state index contributed by atoms with van der Waals surface area (Å²) in [5, 5.41) is 2.79. The van der Waals surface area contributed by atoms with Crippen molar-refractivity contribution in [3.63, 3.8) is 0 Å². The molecule has 0 spiro atoms. The number of hydrogen-bond acceptors (Lipinski definition) is 7. The van der Waals surface area contributed by atoms with Crippen LogP contribution >= 0.6 is 11.3 Å². The Morgan fingerprint density at radius 3 is 2.31 bits per heavy atom. The van der Waals surface area contributed by atoms with Crippen molar-refractivity contribution in [2.24, 2.45) is 5.73 Å². The first-order valence-electron chi connectivity index (χ1n) is 8.99. The van der Waals surface area contributed by atoms with Gasteiger partial charge in [-0.2, -0.15) is 4.72 Å². The molecule has 11 heteroatoms. The third-order valence-electron chi connectivity index (χ3n) is 4.70. The molecule has 1 fully saturated rings. The molecule has 0 bridgehead atoms. The average molecular weight is 438 g/mol. The zero-order valence-corrected chi connectivity index (χ0v) is 17.8. The van der Waals surface area contributed by atoms with Crippen LogP contribution in [-0.2, 0) is 19.6 Å². The molecule has 1 aromatic carbocycles. The number of sulfonamides is 1. The van der Waals surface area contributed by atoms with E-state index in [2.05, 4.69) is 9.71 Å². The fourth-order valence-corrected chi connectivity index (χ4v) is 4.74. The maximum Gasteiger partial charge on any atom is 0.250 e. The molecule has 3 rings (SSSR count). The van der Waals surface area contributed by atoms with Crippen LogP contribution in [0.5, 0.6) is 0 Å². The van der Waals surface area contributed by atoms with Crippen molar-refractivity contribution in [1.82, 2.24) is 19.5 Å². The molecule has 2 aromatic rings. The lowest BCUT2D eigenvalue weighted by atomic mass is 10.2. The number of amides is 2. The lowest BCUT2D eigenvalue weighted by molar-refractivity contribution is -0.138. The second-order valence-electron chi connectivity index (χ2n) is 6.86. The first kappa shape index (κ1) is 21.4. The van der Waals surface area contributed by atoms with Crippen LogP contribution in [0, 0.1) is 6.92 Å². The third kappa shape index (κ3) is 4.99. The van der Waals surface area contributed by atoms with E-state index in [1.807, 2.05) is 24.3 Å². The summed E-state index contributed by atoms with van der Waals surface area (Å²) in [6.45, 7) is 3.98. The number of nitrogens with zero attached hydrogens (tertiary/aromatic N) is 3. The number of thiazole rings is 1. The molecular weight excluding hydrogens is 414 g/mol. The van der Waals surface area contributed by atoms with Crippen molar-refractivity contribution in [1.29, 1.82) is 0 Å². The number of primary amides is 1. The van der Waals surface area contributed by atoms with E-state index < -0.39 is 27.9 Å². The number of benzene rings is 1. The number of nitrogens with one attached hydrogen (secondary N) is 1. The Kier molecular flexibility index (Phi) is 6.32. The molecule has 1 aliphatic rings. The first-order chi connectivity index (χ1) is 13.7. The van der Waals surface area contributed by atoms with Crippen LogP contribution in [0.2, 0.25) is 0 Å². The van der Waals surface area contributed by atoms with Crippen molar-refractivity contribution in [2.75, 3.05) is 33.2 Å². The van der Waals surface area contributed by atoms with Gasteiger partial charge in [-0.05, 0) is 26.1 Å². The third-order valence-corrected chi connectivity index (χ3v) is 6.91. The molecule has 0 radical (unpaired) electrons. The number of rotatable bonds is 6. The number of likely N-dealkylation sites (N-methyl/N-ethyl adjacent to an activating group) is 1. The van der Waals surface area contributed by atoms with Crippen LogP contribution in [0.3, 0.4) is 0 Å². The highest BCUT2D eigenvalue weighted by molar-refractivity contribution is 7.89. The van der Waals surface area contributed by atoms with Crippen LogP contribution in [-0.4, -0.2) is 74.3 Å². The molecule has 0 saturated carbocycles. The van der Waals surface area contributed by atoms with E-state index in [0.717, 1.165) is 16.3 Å². The Morgan fingerprint density at radius 2 is 1.79 bits per heavy atom. The number of hydrogen-bond donors (Lipinski definition) is 2. The zero-order valence-electron chi connectivity index (χ0n) is 16.2. The highest BCUT2D eigenvalue weighted by Gasteiger charge is 2.34. The standard InChI is InChI=1S/C18H23N5O4S2/c1-12-20-15(11-28-12)13-3-5-14(6-4-13)29(26,27)21-16(17(19)24)18(25)23-9-7-22(2)8-10-23/h3-6,11,16,21H,7-10H2,1-2H3,(H2,19,24)/t16-/m0/s1. The summed E-state index contributed by atoms with van der Waals surface area (Å²) in [5.74, 6) is -1.67. The summed E-state index contributed by atoms with van der Waals surface area (Å²) < 4.78 is 27.6. The fourth-order valence-electron chi connectivity index (χ4n) is 2.96. The molecule has 0 unspecified atom stereocenters. The van der Waals surface area contributed by atoms with E-state index in [0.29, 0.717) is 26.2 Å². The molecule has 156 valence electrons. The van der Waals surface area contributed by atoms with E-state index in [1.165, 1.54) is 28.4 Å². The number of aryl methyl sites for hydroxylation is 1. The first-order valence-corrected chi connectivity index (χ1v) is 11.4. The van der Waals surface area contributed by atoms with Gasteiger partial charge in [0.05, 0.1) is 15.6 Å². The summed E-state index contributed by atoms with van der Waals surface area (Å²) in [6.07, 6.45) is 0. The highest BCUT2D eigenvalue weighted by Crippen LogP contribution is 2.23. The molecule has 29 heavy (non-hydrogen) atoms. The summed E-state index contributed by atoms with van der Waals surface area (Å²) in [7, 11) is -2.20. The van der Waals surface area contributed by atoms with E-state index in [-0.39, 0.29) is 4.90 Å². The molecule has 2 amide bonds. The van der Waals surface area contributed by atoms with Gasteiger partial charge in [-0.15, -0.1) is 11.3 Å². The minimum absolute atomic E-state index is 0.0642. The minimum Gasteiger partial charge on any atom is -0.368 e. The molecule has 0 aliphatic carbocycles. The normalized spacial score (nSPS) is 16.6. The number of aromatic nitrogens is 1. The van der Waals surface area contributed by atoms with Crippen molar-refractivity contribution in [2.45, 2.75) is 17.9 Å². The Labute approximate surface area is 173 Å². The van der Waals surface area contributed by atoms with Gasteiger partial charge in [0.2, 0.25) is 15.9 Å². The van der Waals surface area contributed by atoms with Gasteiger partial charge in [0, 0.05) is 37.1 Å². The second-order valence-corrected chi connectivity index (χ2v) is 9.64. The quantitative estimate of drug-likeness (QED) is 0.614. The number of carbonyl (C=O) groups excluding carboxylic acids is 2. The fraction of sp³-hybridized carbons (Fsp3) is 0.389. The van der Waals surface area contributed by atoms with Crippen LogP contribution in [0.4, 0.5) is 0 Å². The van der Waals surface area contributed by atoms with Crippen molar-refractivity contribution in [3.8, 4) is 11.3 Å². The largest absolute Gasteiger partial charge is 0.368 e. The molecule has 1 atom stereocenters. The smallest absolute Gasteiger partial charge is 0.250 e. The van der Waals surface area contributed by atoms with Crippen molar-refractivity contribution >= 4 is 33.2 Å². The number of nitrogens with two attached hydrogens (primary N) is 1. The van der Waals surface area contributed by atoms with Crippen molar-refractivity contribution in [3.05, 3.63) is 34.7 Å². The van der Waals surface area contributed by atoms with Crippen LogP contribution in [0.25, 0.3) is 11.3 Å². The summed E-state index contributed by atoms with van der Waals surface area (Å²) in [4.78, 5) is 32.3. The highest BCUT2D eigenvalue weighted by atomic mass is 32.2. The van der Waals surface area contributed by atoms with Gasteiger partial charge in [0.25, 0.3) is 5.91 Å². The predicted molar refractivity (Wildman–Crippen MR) is 110 cm³/mol. The van der Waals surface area contributed by atoms with Crippen LogP contribution in [0.1, 0.15) is 5.01 Å². The van der Waals surface area contributed by atoms with Gasteiger partial charge in [0.1, 0.15) is 0 Å². The van der Waals surface area contributed by atoms with Gasteiger partial charge in [-0.25, -0.2) is 13.4 Å². The Bertz CT molecular complexity index is 996. The molecule has 1 aromatic heterocycles. The summed E-state index contributed by atoms with van der Waals surface area (Å²) in [5.41, 5.74) is 6.85. The number of piperazine rings is 1. The second kappa shape index (κ2) is 8.57. The molecule has 3 N–H and O–H groups in total. The Hall–Kier alpha value is -2.34. The topological polar surface area (TPSA) is 126 Å². The van der Waals surface area contributed by atoms with E-state index in [1.54, 1.807) is 12.1 Å². The van der Waals surface area contributed by atoms with Gasteiger partial charge in [-0.3, -0.25) is 9.59 Å². The average Bonchev–Trinajstić information content (AvgIpc) is 3.12. The SMILES string of the molecule is Cc1nc(-c2ccc(S(=O)(=O)N[C@@H](C(N)=O)C(=O)N3CCN(C)CC3)cc2)cs1. The summed E-state index contributed by atoms with van der Waals surface area (Å²) in [6, 6.07) is 4.43. The maximum absolute atomic E-state index is 12.7. The minimum atomic E-state index is -4.12. The van der Waals surface area contributed by atoms with E-state index >= 15 is 0 Å². The Morgan fingerprint density at radius 1 is 1.17 bits per heavy atom. The number of carbonyl (C=O) groups is 2. The molecule has 1 aliphatic heterocycles. The van der Waals surface area contributed by atoms with Gasteiger partial charge < -0.3 is 15.5 Å². The lowest BCUT2D eigenvalue weighted by Gasteiger charge is -2.34. The van der Waals surface area contributed by atoms with E-state index in [9.17, 15) is 18.0 Å². The van der Waals surface area contributed by atoms with Crippen LogP contribution in [0.15, 0.2) is 34.5 Å². The molecule has 9 nitrogen and oxygen atoms in total. The van der Waals surface area contributed by atoms with Gasteiger partial charge in [-0.1, -0.05) is 12.1 Å². The zero-order chi connectivity index (χ0) is 21.2.